The number of benzene rings is 1. The fourth-order valence-corrected chi connectivity index (χ4v) is 3.62. The Morgan fingerprint density at radius 2 is 2.19 bits per heavy atom. The van der Waals surface area contributed by atoms with Crippen molar-refractivity contribution in [1.29, 1.82) is 0 Å². The zero-order chi connectivity index (χ0) is 15.1. The lowest BCUT2D eigenvalue weighted by atomic mass is 10.0. The van der Waals surface area contributed by atoms with E-state index in [1.54, 1.807) is 17.8 Å². The Bertz CT molecular complexity index is 493. The van der Waals surface area contributed by atoms with Gasteiger partial charge in [-0.25, -0.2) is 0 Å². The van der Waals surface area contributed by atoms with E-state index in [9.17, 15) is 9.90 Å². The maximum Gasteiger partial charge on any atom is 0.244 e. The van der Waals surface area contributed by atoms with Gasteiger partial charge >= 0.3 is 0 Å². The van der Waals surface area contributed by atoms with Gasteiger partial charge in [0.15, 0.2) is 0 Å². The highest BCUT2D eigenvalue weighted by Crippen LogP contribution is 2.26. The van der Waals surface area contributed by atoms with Crippen molar-refractivity contribution in [2.24, 2.45) is 0 Å². The molecule has 1 aliphatic rings. The molecule has 1 fully saturated rings. The monoisotopic (exact) mass is 305 g/mol. The molecule has 2 N–H and O–H groups in total. The molecule has 1 aromatic carbocycles. The van der Waals surface area contributed by atoms with Crippen molar-refractivity contribution in [1.82, 2.24) is 5.32 Å². The Labute approximate surface area is 130 Å². The van der Waals surface area contributed by atoms with E-state index in [1.807, 2.05) is 25.1 Å². The summed E-state index contributed by atoms with van der Waals surface area (Å²) in [7, 11) is 0. The van der Waals surface area contributed by atoms with Crippen molar-refractivity contribution in [3.05, 3.63) is 47.5 Å². The molecule has 1 amide bonds. The van der Waals surface area contributed by atoms with Gasteiger partial charge in [0.2, 0.25) is 5.91 Å². The molecule has 1 unspecified atom stereocenters. The number of carbonyl (C=O) groups excluding carboxylic acids is 1. The van der Waals surface area contributed by atoms with Gasteiger partial charge in [-0.2, -0.15) is 11.8 Å². The minimum Gasteiger partial charge on any atom is -0.387 e. The van der Waals surface area contributed by atoms with E-state index < -0.39 is 5.60 Å². The van der Waals surface area contributed by atoms with Crippen LogP contribution in [0.1, 0.15) is 25.3 Å². The first kappa shape index (κ1) is 16.1. The highest BCUT2D eigenvalue weighted by molar-refractivity contribution is 7.99. The van der Waals surface area contributed by atoms with Crippen LogP contribution in [0.15, 0.2) is 42.0 Å². The van der Waals surface area contributed by atoms with Gasteiger partial charge in [0.05, 0.1) is 5.60 Å². The second-order valence-corrected chi connectivity index (χ2v) is 6.83. The third-order valence-electron chi connectivity index (χ3n) is 3.70. The molecule has 1 heterocycles. The number of thioether (sulfide) groups is 1. The number of rotatable bonds is 6. The summed E-state index contributed by atoms with van der Waals surface area (Å²) >= 11 is 1.74. The van der Waals surface area contributed by atoms with E-state index >= 15 is 0 Å². The molecule has 3 nitrogen and oxygen atoms in total. The minimum absolute atomic E-state index is 0.106. The van der Waals surface area contributed by atoms with Crippen LogP contribution < -0.4 is 5.32 Å². The lowest BCUT2D eigenvalue weighted by Crippen LogP contribution is -2.42. The smallest absolute Gasteiger partial charge is 0.244 e. The molecule has 0 aliphatic carbocycles. The van der Waals surface area contributed by atoms with Crippen molar-refractivity contribution >= 4 is 17.7 Å². The fraction of sp³-hybridized carbons (Fsp3) is 0.471. The summed E-state index contributed by atoms with van der Waals surface area (Å²) in [5, 5.41) is 13.0. The summed E-state index contributed by atoms with van der Waals surface area (Å²) in [4.78, 5) is 11.9. The Balaban J connectivity index is 1.74. The molecule has 0 radical (unpaired) electrons. The summed E-state index contributed by atoms with van der Waals surface area (Å²) in [5.74, 6) is 1.58. The quantitative estimate of drug-likeness (QED) is 0.794. The second-order valence-electron chi connectivity index (χ2n) is 5.72. The summed E-state index contributed by atoms with van der Waals surface area (Å²) < 4.78 is 0. The molecule has 1 atom stereocenters. The highest BCUT2D eigenvalue weighted by atomic mass is 32.2. The SMILES string of the molecule is CC(=CC(=O)NCC1(O)CCSC1)CCc1ccccc1. The lowest BCUT2D eigenvalue weighted by molar-refractivity contribution is -0.117. The van der Waals surface area contributed by atoms with E-state index in [-0.39, 0.29) is 5.91 Å². The van der Waals surface area contributed by atoms with Crippen LogP contribution in [0.4, 0.5) is 0 Å². The van der Waals surface area contributed by atoms with Gasteiger partial charge in [-0.3, -0.25) is 4.79 Å². The second kappa shape index (κ2) is 7.66. The van der Waals surface area contributed by atoms with Gasteiger partial charge < -0.3 is 10.4 Å². The Hall–Kier alpha value is -1.26. The number of hydrogen-bond donors (Lipinski definition) is 2. The van der Waals surface area contributed by atoms with E-state index in [2.05, 4.69) is 17.4 Å². The summed E-state index contributed by atoms with van der Waals surface area (Å²) in [6, 6.07) is 10.3. The van der Waals surface area contributed by atoms with Crippen LogP contribution in [0.25, 0.3) is 0 Å². The molecule has 0 aromatic heterocycles. The predicted molar refractivity (Wildman–Crippen MR) is 88.4 cm³/mol. The molecule has 114 valence electrons. The first-order valence-electron chi connectivity index (χ1n) is 7.36. The Kier molecular flexibility index (Phi) is 5.88. The van der Waals surface area contributed by atoms with Crippen LogP contribution in [-0.4, -0.2) is 34.7 Å². The molecule has 0 spiro atoms. The molecule has 1 aliphatic heterocycles. The maximum atomic E-state index is 11.9. The third-order valence-corrected chi connectivity index (χ3v) is 4.94. The largest absolute Gasteiger partial charge is 0.387 e. The normalized spacial score (nSPS) is 22.3. The van der Waals surface area contributed by atoms with Crippen LogP contribution in [0, 0.1) is 0 Å². The summed E-state index contributed by atoms with van der Waals surface area (Å²) in [6.45, 7) is 2.32. The summed E-state index contributed by atoms with van der Waals surface area (Å²) in [5.41, 5.74) is 1.62. The number of amides is 1. The van der Waals surface area contributed by atoms with Crippen molar-refractivity contribution in [3.8, 4) is 0 Å². The molecule has 2 rings (SSSR count). The molecular formula is C17H23NO2S. The Morgan fingerprint density at radius 3 is 2.86 bits per heavy atom. The molecule has 1 aromatic rings. The van der Waals surface area contributed by atoms with Gasteiger partial charge in [0.1, 0.15) is 0 Å². The Morgan fingerprint density at radius 1 is 1.43 bits per heavy atom. The number of aliphatic hydroxyl groups is 1. The van der Waals surface area contributed by atoms with Crippen molar-refractivity contribution < 1.29 is 9.90 Å². The van der Waals surface area contributed by atoms with Crippen LogP contribution in [0.2, 0.25) is 0 Å². The topological polar surface area (TPSA) is 49.3 Å². The van der Waals surface area contributed by atoms with Crippen LogP contribution in [0.3, 0.4) is 0 Å². The van der Waals surface area contributed by atoms with Crippen LogP contribution in [0.5, 0.6) is 0 Å². The number of allylic oxidation sites excluding steroid dienone is 1. The van der Waals surface area contributed by atoms with Gasteiger partial charge in [-0.05, 0) is 37.5 Å². The van der Waals surface area contributed by atoms with Crippen molar-refractivity contribution in [2.45, 2.75) is 31.8 Å². The zero-order valence-electron chi connectivity index (χ0n) is 12.5. The zero-order valence-corrected chi connectivity index (χ0v) is 13.3. The fourth-order valence-electron chi connectivity index (χ4n) is 2.32. The lowest BCUT2D eigenvalue weighted by Gasteiger charge is -2.21. The molecule has 4 heteroatoms. The maximum absolute atomic E-state index is 11.9. The highest BCUT2D eigenvalue weighted by Gasteiger charge is 2.31. The number of hydrogen-bond acceptors (Lipinski definition) is 3. The minimum atomic E-state index is -0.716. The van der Waals surface area contributed by atoms with Gasteiger partial charge in [-0.1, -0.05) is 35.9 Å². The number of aryl methyl sites for hydroxylation is 1. The molecule has 0 bridgehead atoms. The molecular weight excluding hydrogens is 282 g/mol. The first-order chi connectivity index (χ1) is 10.1. The molecule has 1 saturated heterocycles. The van der Waals surface area contributed by atoms with E-state index in [1.165, 1.54) is 5.56 Å². The van der Waals surface area contributed by atoms with Crippen molar-refractivity contribution in [3.63, 3.8) is 0 Å². The predicted octanol–water partition coefficient (Wildman–Crippen LogP) is 2.55. The van der Waals surface area contributed by atoms with Gasteiger partial charge in [-0.15, -0.1) is 0 Å². The standard InChI is InChI=1S/C17H23NO2S/c1-14(7-8-15-5-3-2-4-6-15)11-16(19)18-12-17(20)9-10-21-13-17/h2-6,11,20H,7-10,12-13H2,1H3,(H,18,19). The van der Waals surface area contributed by atoms with Crippen LogP contribution in [-0.2, 0) is 11.2 Å². The first-order valence-corrected chi connectivity index (χ1v) is 8.52. The molecule has 0 saturated carbocycles. The van der Waals surface area contributed by atoms with Gasteiger partial charge in [0.25, 0.3) is 0 Å². The van der Waals surface area contributed by atoms with E-state index in [4.69, 9.17) is 0 Å². The molecule has 21 heavy (non-hydrogen) atoms. The average Bonchev–Trinajstić information content (AvgIpc) is 2.92. The summed E-state index contributed by atoms with van der Waals surface area (Å²) in [6.07, 6.45) is 4.22. The third kappa shape index (κ3) is 5.56. The van der Waals surface area contributed by atoms with Crippen molar-refractivity contribution in [2.75, 3.05) is 18.1 Å². The average molecular weight is 305 g/mol. The van der Waals surface area contributed by atoms with E-state index in [0.717, 1.165) is 30.6 Å². The van der Waals surface area contributed by atoms with Gasteiger partial charge in [0, 0.05) is 18.4 Å². The van der Waals surface area contributed by atoms with E-state index in [0.29, 0.717) is 12.3 Å². The number of carbonyl (C=O) groups is 1. The van der Waals surface area contributed by atoms with Crippen LogP contribution >= 0.6 is 11.8 Å². The number of nitrogens with one attached hydrogen (secondary N) is 1.